The summed E-state index contributed by atoms with van der Waals surface area (Å²) in [7, 11) is 0. The molecule has 0 spiro atoms. The predicted octanol–water partition coefficient (Wildman–Crippen LogP) is 0.290. The van der Waals surface area contributed by atoms with Crippen molar-refractivity contribution >= 4 is 0 Å². The van der Waals surface area contributed by atoms with Crippen LogP contribution in [0.15, 0.2) is 0 Å². The Bertz CT molecular complexity index is 101. The molecule has 0 aromatic rings. The highest BCUT2D eigenvalue weighted by atomic mass is 19.1. The number of hydrogen-bond donors (Lipinski definition) is 1. The third kappa shape index (κ3) is 1.47. The lowest BCUT2D eigenvalue weighted by Crippen LogP contribution is -2.31. The molecular weight excluding hydrogens is 114 g/mol. The monoisotopic (exact) mass is 120 g/mol. The summed E-state index contributed by atoms with van der Waals surface area (Å²) in [6.45, 7) is -2.47. The van der Waals surface area contributed by atoms with Gasteiger partial charge in [0.2, 0.25) is 0 Å². The van der Waals surface area contributed by atoms with Crippen molar-refractivity contribution in [2.45, 2.75) is 5.60 Å². The van der Waals surface area contributed by atoms with E-state index in [2.05, 4.69) is 6.42 Å². The zero-order valence-corrected chi connectivity index (χ0v) is 4.19. The average Bonchev–Trinajstić information content (AvgIpc) is 1.87. The molecule has 0 heterocycles. The first kappa shape index (κ1) is 7.38. The van der Waals surface area contributed by atoms with Gasteiger partial charge in [-0.25, -0.2) is 8.78 Å². The summed E-state index contributed by atoms with van der Waals surface area (Å²) >= 11 is 0. The molecule has 0 rings (SSSR count). The molecule has 0 amide bonds. The highest BCUT2D eigenvalue weighted by Gasteiger charge is 2.22. The van der Waals surface area contributed by atoms with Crippen molar-refractivity contribution in [1.29, 1.82) is 0 Å². The van der Waals surface area contributed by atoms with Gasteiger partial charge < -0.3 is 5.11 Å². The lowest BCUT2D eigenvalue weighted by Gasteiger charge is -2.10. The molecule has 1 nitrogen and oxygen atoms in total. The molecule has 0 unspecified atom stereocenters. The Labute approximate surface area is 46.3 Å². The standard InChI is InChI=1S/C5H6F2O/c1-2-5(8,3-6)4-7/h1,8H,3-4H2. The van der Waals surface area contributed by atoms with Gasteiger partial charge in [0, 0.05) is 0 Å². The molecule has 0 aromatic heterocycles. The fourth-order valence-corrected chi connectivity index (χ4v) is 0.113. The van der Waals surface area contributed by atoms with E-state index in [1.807, 2.05) is 0 Å². The molecule has 0 aliphatic carbocycles. The molecular formula is C5H6F2O. The van der Waals surface area contributed by atoms with Crippen molar-refractivity contribution in [3.63, 3.8) is 0 Å². The number of rotatable bonds is 2. The van der Waals surface area contributed by atoms with Crippen molar-refractivity contribution in [3.05, 3.63) is 0 Å². The lowest BCUT2D eigenvalue weighted by atomic mass is 10.1. The van der Waals surface area contributed by atoms with Crippen molar-refractivity contribution < 1.29 is 13.9 Å². The molecule has 0 atom stereocenters. The Morgan fingerprint density at radius 3 is 1.88 bits per heavy atom. The van der Waals surface area contributed by atoms with E-state index in [9.17, 15) is 8.78 Å². The van der Waals surface area contributed by atoms with Crippen LogP contribution in [0.4, 0.5) is 8.78 Å². The van der Waals surface area contributed by atoms with E-state index in [0.717, 1.165) is 0 Å². The van der Waals surface area contributed by atoms with E-state index in [1.165, 1.54) is 0 Å². The molecule has 0 saturated carbocycles. The molecule has 0 fully saturated rings. The SMILES string of the molecule is C#CC(O)(CF)CF. The number of hydrogen-bond acceptors (Lipinski definition) is 1. The van der Waals surface area contributed by atoms with Crippen molar-refractivity contribution in [2.75, 3.05) is 13.3 Å². The first-order valence-electron chi connectivity index (χ1n) is 2.00. The van der Waals surface area contributed by atoms with Crippen LogP contribution < -0.4 is 0 Å². The van der Waals surface area contributed by atoms with Crippen LogP contribution >= 0.6 is 0 Å². The molecule has 0 bridgehead atoms. The van der Waals surface area contributed by atoms with E-state index < -0.39 is 19.0 Å². The fourth-order valence-electron chi connectivity index (χ4n) is 0.113. The smallest absolute Gasteiger partial charge is 0.181 e. The highest BCUT2D eigenvalue weighted by Crippen LogP contribution is 2.02. The Morgan fingerprint density at radius 1 is 1.50 bits per heavy atom. The zero-order chi connectivity index (χ0) is 6.62. The molecule has 0 aliphatic rings. The topological polar surface area (TPSA) is 20.2 Å². The summed E-state index contributed by atoms with van der Waals surface area (Å²) in [5, 5.41) is 8.45. The minimum absolute atomic E-state index is 1.24. The number of aliphatic hydroxyl groups is 1. The Kier molecular flexibility index (Phi) is 2.43. The highest BCUT2D eigenvalue weighted by molar-refractivity contribution is 5.06. The Hall–Kier alpha value is -0.620. The third-order valence-electron chi connectivity index (χ3n) is 0.711. The summed E-state index contributed by atoms with van der Waals surface area (Å²) in [5.41, 5.74) is -2.18. The summed E-state index contributed by atoms with van der Waals surface area (Å²) in [4.78, 5) is 0. The molecule has 0 radical (unpaired) electrons. The molecule has 8 heavy (non-hydrogen) atoms. The van der Waals surface area contributed by atoms with Crippen LogP contribution in [0.5, 0.6) is 0 Å². The predicted molar refractivity (Wildman–Crippen MR) is 25.7 cm³/mol. The molecule has 3 heteroatoms. The Morgan fingerprint density at radius 2 is 1.88 bits per heavy atom. The van der Waals surface area contributed by atoms with Gasteiger partial charge in [-0.2, -0.15) is 0 Å². The quantitative estimate of drug-likeness (QED) is 0.519. The first-order chi connectivity index (χ1) is 3.68. The maximum absolute atomic E-state index is 11.4. The van der Waals surface area contributed by atoms with Gasteiger partial charge in [-0.1, -0.05) is 5.92 Å². The third-order valence-corrected chi connectivity index (χ3v) is 0.711. The van der Waals surface area contributed by atoms with Gasteiger partial charge in [0.1, 0.15) is 13.3 Å². The van der Waals surface area contributed by atoms with Gasteiger partial charge in [0.25, 0.3) is 0 Å². The van der Waals surface area contributed by atoms with Crippen LogP contribution in [0.3, 0.4) is 0 Å². The minimum Gasteiger partial charge on any atom is -0.373 e. The summed E-state index contributed by atoms with van der Waals surface area (Å²) < 4.78 is 22.8. The second-order valence-electron chi connectivity index (χ2n) is 1.44. The van der Waals surface area contributed by atoms with Gasteiger partial charge >= 0.3 is 0 Å². The molecule has 0 saturated heterocycles. The number of halogens is 2. The minimum atomic E-state index is -2.18. The van der Waals surface area contributed by atoms with E-state index in [4.69, 9.17) is 5.11 Å². The van der Waals surface area contributed by atoms with E-state index >= 15 is 0 Å². The van der Waals surface area contributed by atoms with E-state index in [0.29, 0.717) is 0 Å². The summed E-state index contributed by atoms with van der Waals surface area (Å²) in [6, 6.07) is 0. The fraction of sp³-hybridized carbons (Fsp3) is 0.600. The maximum atomic E-state index is 11.4. The summed E-state index contributed by atoms with van der Waals surface area (Å²) in [6.07, 6.45) is 4.55. The second kappa shape index (κ2) is 2.63. The van der Waals surface area contributed by atoms with Gasteiger partial charge in [-0.15, -0.1) is 6.42 Å². The van der Waals surface area contributed by atoms with Gasteiger partial charge in [-0.3, -0.25) is 0 Å². The van der Waals surface area contributed by atoms with Crippen molar-refractivity contribution in [1.82, 2.24) is 0 Å². The van der Waals surface area contributed by atoms with Gasteiger partial charge in [-0.05, 0) is 0 Å². The first-order valence-corrected chi connectivity index (χ1v) is 2.00. The second-order valence-corrected chi connectivity index (χ2v) is 1.44. The molecule has 46 valence electrons. The van der Waals surface area contributed by atoms with Crippen LogP contribution in [0, 0.1) is 12.3 Å². The Balaban J connectivity index is 3.83. The molecule has 0 aromatic carbocycles. The average molecular weight is 120 g/mol. The van der Waals surface area contributed by atoms with Crippen molar-refractivity contribution in [3.8, 4) is 12.3 Å². The number of terminal acetylenes is 1. The number of alkyl halides is 2. The van der Waals surface area contributed by atoms with Gasteiger partial charge in [0.05, 0.1) is 0 Å². The largest absolute Gasteiger partial charge is 0.373 e. The molecule has 0 aliphatic heterocycles. The zero-order valence-electron chi connectivity index (χ0n) is 4.19. The van der Waals surface area contributed by atoms with Crippen LogP contribution in [0.1, 0.15) is 0 Å². The van der Waals surface area contributed by atoms with Crippen LogP contribution in [-0.4, -0.2) is 24.1 Å². The van der Waals surface area contributed by atoms with Crippen LogP contribution in [-0.2, 0) is 0 Å². The van der Waals surface area contributed by atoms with E-state index in [1.54, 1.807) is 5.92 Å². The van der Waals surface area contributed by atoms with Gasteiger partial charge in [0.15, 0.2) is 5.60 Å². The lowest BCUT2D eigenvalue weighted by molar-refractivity contribution is 0.0468. The van der Waals surface area contributed by atoms with E-state index in [-0.39, 0.29) is 0 Å². The normalized spacial score (nSPS) is 10.8. The van der Waals surface area contributed by atoms with Crippen LogP contribution in [0.25, 0.3) is 0 Å². The molecule has 1 N–H and O–H groups in total. The maximum Gasteiger partial charge on any atom is 0.181 e. The van der Waals surface area contributed by atoms with Crippen molar-refractivity contribution in [2.24, 2.45) is 0 Å². The van der Waals surface area contributed by atoms with Crippen LogP contribution in [0.2, 0.25) is 0 Å². The summed E-state index contributed by atoms with van der Waals surface area (Å²) in [5.74, 6) is 1.58.